The fraction of sp³-hybridized carbons (Fsp3) is 0.107. The minimum atomic E-state index is -4.08. The van der Waals surface area contributed by atoms with E-state index in [1.807, 2.05) is 60.7 Å². The third kappa shape index (κ3) is 6.13. The van der Waals surface area contributed by atoms with Crippen LogP contribution in [-0.2, 0) is 27.9 Å². The third-order valence-corrected chi connectivity index (χ3v) is 7.30. The van der Waals surface area contributed by atoms with E-state index in [1.54, 1.807) is 23.1 Å². The van der Waals surface area contributed by atoms with Crippen LogP contribution < -0.4 is 4.31 Å². The minimum absolute atomic E-state index is 0.0507. The quantitative estimate of drug-likeness (QED) is 0.323. The Kier molecular flexibility index (Phi) is 7.57. The zero-order valence-electron chi connectivity index (χ0n) is 19.0. The summed E-state index contributed by atoms with van der Waals surface area (Å²) in [7, 11) is -4.08. The molecule has 0 aliphatic rings. The van der Waals surface area contributed by atoms with Gasteiger partial charge in [0.2, 0.25) is 5.91 Å². The predicted molar refractivity (Wildman–Crippen MR) is 135 cm³/mol. The number of sulfonamides is 1. The fourth-order valence-electron chi connectivity index (χ4n) is 3.70. The molecule has 178 valence electrons. The lowest BCUT2D eigenvalue weighted by atomic mass is 10.1. The van der Waals surface area contributed by atoms with E-state index in [1.165, 1.54) is 36.4 Å². The molecule has 4 aromatic rings. The molecule has 0 radical (unpaired) electrons. The molecule has 4 rings (SSSR count). The molecule has 0 saturated heterocycles. The van der Waals surface area contributed by atoms with Crippen LogP contribution in [0.1, 0.15) is 11.1 Å². The van der Waals surface area contributed by atoms with Crippen LogP contribution in [0.5, 0.6) is 0 Å². The van der Waals surface area contributed by atoms with E-state index in [0.29, 0.717) is 13.1 Å². The number of nitrogens with zero attached hydrogens (tertiary/aromatic N) is 2. The molecule has 0 N–H and O–H groups in total. The highest BCUT2D eigenvalue weighted by atomic mass is 32.2. The Morgan fingerprint density at radius 3 is 1.60 bits per heavy atom. The largest absolute Gasteiger partial charge is 0.332 e. The van der Waals surface area contributed by atoms with E-state index in [9.17, 15) is 17.6 Å². The van der Waals surface area contributed by atoms with Gasteiger partial charge in [0.1, 0.15) is 12.4 Å². The van der Waals surface area contributed by atoms with E-state index in [-0.39, 0.29) is 16.5 Å². The molecule has 4 aromatic carbocycles. The average Bonchev–Trinajstić information content (AvgIpc) is 2.89. The highest BCUT2D eigenvalue weighted by Gasteiger charge is 2.29. The summed E-state index contributed by atoms with van der Waals surface area (Å²) in [4.78, 5) is 15.3. The van der Waals surface area contributed by atoms with Crippen LogP contribution in [0.2, 0.25) is 0 Å². The molecule has 7 heteroatoms. The standard InChI is InChI=1S/C28H25FN2O3S/c29-25-16-18-26(19-17-25)31(35(33,34)27-14-8-3-9-15-27)22-28(32)30(20-23-10-4-1-5-11-23)21-24-12-6-2-7-13-24/h1-19H,20-22H2. The number of hydrogen-bond donors (Lipinski definition) is 0. The molecule has 0 bridgehead atoms. The lowest BCUT2D eigenvalue weighted by molar-refractivity contribution is -0.130. The van der Waals surface area contributed by atoms with Gasteiger partial charge in [0.05, 0.1) is 10.6 Å². The van der Waals surface area contributed by atoms with E-state index < -0.39 is 22.4 Å². The second kappa shape index (κ2) is 11.0. The number of carbonyl (C=O) groups is 1. The van der Waals surface area contributed by atoms with Gasteiger partial charge in [-0.15, -0.1) is 0 Å². The van der Waals surface area contributed by atoms with Crippen molar-refractivity contribution in [2.45, 2.75) is 18.0 Å². The molecule has 0 aliphatic heterocycles. The average molecular weight is 489 g/mol. The summed E-state index contributed by atoms with van der Waals surface area (Å²) in [6, 6.07) is 32.0. The Hall–Kier alpha value is -3.97. The summed E-state index contributed by atoms with van der Waals surface area (Å²) in [6.45, 7) is 0.205. The monoisotopic (exact) mass is 488 g/mol. The van der Waals surface area contributed by atoms with Gasteiger partial charge in [-0.05, 0) is 47.5 Å². The molecular weight excluding hydrogens is 463 g/mol. The summed E-state index contributed by atoms with van der Waals surface area (Å²) >= 11 is 0. The Bertz CT molecular complexity index is 1310. The summed E-state index contributed by atoms with van der Waals surface area (Å²) in [5.74, 6) is -0.867. The molecule has 1 amide bonds. The molecule has 0 heterocycles. The van der Waals surface area contributed by atoms with Gasteiger partial charge in [0.15, 0.2) is 0 Å². The first kappa shape index (κ1) is 24.2. The number of carbonyl (C=O) groups excluding carboxylic acids is 1. The van der Waals surface area contributed by atoms with Crippen molar-refractivity contribution < 1.29 is 17.6 Å². The van der Waals surface area contributed by atoms with Crippen molar-refractivity contribution in [3.05, 3.63) is 132 Å². The molecule has 0 fully saturated rings. The van der Waals surface area contributed by atoms with Crippen LogP contribution >= 0.6 is 0 Å². The number of anilines is 1. The van der Waals surface area contributed by atoms with Gasteiger partial charge in [-0.3, -0.25) is 9.10 Å². The maximum atomic E-state index is 13.6. The van der Waals surface area contributed by atoms with Gasteiger partial charge in [0, 0.05) is 13.1 Å². The summed E-state index contributed by atoms with van der Waals surface area (Å²) in [5.41, 5.74) is 2.06. The second-order valence-corrected chi connectivity index (χ2v) is 9.88. The van der Waals surface area contributed by atoms with Crippen molar-refractivity contribution in [3.63, 3.8) is 0 Å². The Morgan fingerprint density at radius 2 is 1.11 bits per heavy atom. The topological polar surface area (TPSA) is 57.7 Å². The van der Waals surface area contributed by atoms with Crippen LogP contribution in [-0.4, -0.2) is 25.8 Å². The molecule has 0 unspecified atom stereocenters. The third-order valence-electron chi connectivity index (χ3n) is 5.51. The van der Waals surface area contributed by atoms with E-state index in [2.05, 4.69) is 0 Å². The highest BCUT2D eigenvalue weighted by molar-refractivity contribution is 7.92. The summed E-state index contributed by atoms with van der Waals surface area (Å²) in [5, 5.41) is 0. The van der Waals surface area contributed by atoms with Crippen molar-refractivity contribution in [2.24, 2.45) is 0 Å². The fourth-order valence-corrected chi connectivity index (χ4v) is 5.14. The summed E-state index contributed by atoms with van der Waals surface area (Å²) < 4.78 is 41.7. The molecular formula is C28H25FN2O3S. The second-order valence-electron chi connectivity index (χ2n) is 8.02. The van der Waals surface area contributed by atoms with Crippen LogP contribution in [0.3, 0.4) is 0 Å². The van der Waals surface area contributed by atoms with Crippen molar-refractivity contribution in [1.29, 1.82) is 0 Å². The Morgan fingerprint density at radius 1 is 0.657 bits per heavy atom. The van der Waals surface area contributed by atoms with Gasteiger partial charge in [-0.1, -0.05) is 78.9 Å². The van der Waals surface area contributed by atoms with Crippen LogP contribution in [0.4, 0.5) is 10.1 Å². The van der Waals surface area contributed by atoms with Gasteiger partial charge in [-0.25, -0.2) is 12.8 Å². The normalized spacial score (nSPS) is 11.1. The lowest BCUT2D eigenvalue weighted by Crippen LogP contribution is -2.42. The van der Waals surface area contributed by atoms with E-state index >= 15 is 0 Å². The number of hydrogen-bond acceptors (Lipinski definition) is 3. The smallest absolute Gasteiger partial charge is 0.264 e. The first-order valence-corrected chi connectivity index (χ1v) is 12.6. The predicted octanol–water partition coefficient (Wildman–Crippen LogP) is 5.25. The molecule has 35 heavy (non-hydrogen) atoms. The first-order valence-electron chi connectivity index (χ1n) is 11.1. The number of halogens is 1. The van der Waals surface area contributed by atoms with Crippen molar-refractivity contribution in [2.75, 3.05) is 10.8 Å². The lowest BCUT2D eigenvalue weighted by Gasteiger charge is -2.29. The van der Waals surface area contributed by atoms with E-state index in [4.69, 9.17) is 0 Å². The zero-order valence-corrected chi connectivity index (χ0v) is 19.8. The van der Waals surface area contributed by atoms with E-state index in [0.717, 1.165) is 15.4 Å². The van der Waals surface area contributed by atoms with Crippen LogP contribution in [0.15, 0.2) is 120 Å². The molecule has 5 nitrogen and oxygen atoms in total. The van der Waals surface area contributed by atoms with Crippen LogP contribution in [0.25, 0.3) is 0 Å². The van der Waals surface area contributed by atoms with Crippen molar-refractivity contribution >= 4 is 21.6 Å². The number of amides is 1. The number of benzene rings is 4. The van der Waals surface area contributed by atoms with Gasteiger partial charge >= 0.3 is 0 Å². The maximum absolute atomic E-state index is 13.6. The molecule has 0 saturated carbocycles. The Labute approximate surface area is 205 Å². The van der Waals surface area contributed by atoms with Gasteiger partial charge in [-0.2, -0.15) is 0 Å². The minimum Gasteiger partial charge on any atom is -0.332 e. The van der Waals surface area contributed by atoms with Gasteiger partial charge in [0.25, 0.3) is 10.0 Å². The SMILES string of the molecule is O=C(CN(c1ccc(F)cc1)S(=O)(=O)c1ccccc1)N(Cc1ccccc1)Cc1ccccc1. The zero-order chi connectivity index (χ0) is 24.7. The highest BCUT2D eigenvalue weighted by Crippen LogP contribution is 2.24. The Balaban J connectivity index is 1.68. The van der Waals surface area contributed by atoms with Gasteiger partial charge < -0.3 is 4.90 Å². The summed E-state index contributed by atoms with van der Waals surface area (Å²) in [6.07, 6.45) is 0. The first-order chi connectivity index (χ1) is 16.9. The van der Waals surface area contributed by atoms with Crippen molar-refractivity contribution in [3.8, 4) is 0 Å². The maximum Gasteiger partial charge on any atom is 0.264 e. The molecule has 0 atom stereocenters. The van der Waals surface area contributed by atoms with Crippen LogP contribution in [0, 0.1) is 5.82 Å². The molecule has 0 aromatic heterocycles. The van der Waals surface area contributed by atoms with Crippen molar-refractivity contribution in [1.82, 2.24) is 4.90 Å². The molecule has 0 spiro atoms. The molecule has 0 aliphatic carbocycles. The number of rotatable bonds is 9.